The van der Waals surface area contributed by atoms with Crippen LogP contribution in [0.3, 0.4) is 0 Å². The molecule has 0 aliphatic heterocycles. The minimum absolute atomic E-state index is 0.147. The van der Waals surface area contributed by atoms with Crippen LogP contribution in [-0.2, 0) is 4.79 Å². The normalized spacial score (nSPS) is 10.9. The molecule has 1 rings (SSSR count). The van der Waals surface area contributed by atoms with E-state index in [4.69, 9.17) is 23.2 Å². The first-order chi connectivity index (χ1) is 7.59. The Balaban J connectivity index is 2.49. The van der Waals surface area contributed by atoms with Crippen LogP contribution in [0.15, 0.2) is 24.3 Å². The predicted molar refractivity (Wildman–Crippen MR) is 73.3 cm³/mol. The van der Waals surface area contributed by atoms with Gasteiger partial charge in [-0.25, -0.2) is 0 Å². The average molecular weight is 275 g/mol. The van der Waals surface area contributed by atoms with E-state index in [1.807, 2.05) is 18.2 Å². The monoisotopic (exact) mass is 274 g/mol. The van der Waals surface area contributed by atoms with E-state index in [1.165, 1.54) is 11.8 Å². The maximum atomic E-state index is 10.7. The van der Waals surface area contributed by atoms with Crippen molar-refractivity contribution < 1.29 is 4.79 Å². The third-order valence-corrected chi connectivity index (χ3v) is 3.27. The summed E-state index contributed by atoms with van der Waals surface area (Å²) in [6, 6.07) is 5.35. The van der Waals surface area contributed by atoms with Crippen LogP contribution in [0.4, 0.5) is 0 Å². The van der Waals surface area contributed by atoms with Crippen LogP contribution in [0, 0.1) is 0 Å². The predicted octanol–water partition coefficient (Wildman–Crippen LogP) is 4.68. The highest BCUT2D eigenvalue weighted by Gasteiger charge is 1.97. The van der Waals surface area contributed by atoms with Crippen molar-refractivity contribution in [3.63, 3.8) is 0 Å². The van der Waals surface area contributed by atoms with Gasteiger partial charge >= 0.3 is 0 Å². The summed E-state index contributed by atoms with van der Waals surface area (Å²) in [7, 11) is 0. The van der Waals surface area contributed by atoms with Crippen LogP contribution in [0.1, 0.15) is 18.9 Å². The number of carbonyl (C=O) groups excluding carboxylic acids is 1. The summed E-state index contributed by atoms with van der Waals surface area (Å²) in [5, 5.41) is 1.50. The lowest BCUT2D eigenvalue weighted by Gasteiger charge is -1.98. The number of thioether (sulfide) groups is 1. The van der Waals surface area contributed by atoms with Gasteiger partial charge in [-0.2, -0.15) is 0 Å². The molecule has 0 aliphatic carbocycles. The highest BCUT2D eigenvalue weighted by atomic mass is 35.5. The summed E-state index contributed by atoms with van der Waals surface area (Å²) in [4.78, 5) is 10.7. The number of rotatable bonds is 4. The summed E-state index contributed by atoms with van der Waals surface area (Å²) >= 11 is 13.2. The number of carbonyl (C=O) groups is 1. The molecule has 0 aliphatic rings. The van der Waals surface area contributed by atoms with Gasteiger partial charge in [0.25, 0.3) is 0 Å². The largest absolute Gasteiger partial charge is 0.288 e. The highest BCUT2D eigenvalue weighted by Crippen LogP contribution is 2.22. The van der Waals surface area contributed by atoms with Crippen molar-refractivity contribution in [1.82, 2.24) is 0 Å². The SMILES string of the molecule is CC(=O)SCCC=Cc1cc(Cl)ccc1Cl. The molecule has 0 N–H and O–H groups in total. The van der Waals surface area contributed by atoms with E-state index < -0.39 is 0 Å². The molecule has 0 saturated carbocycles. The second-order valence-corrected chi connectivity index (χ2v) is 5.31. The molecule has 0 spiro atoms. The first kappa shape index (κ1) is 13.6. The Morgan fingerprint density at radius 2 is 2.19 bits per heavy atom. The Kier molecular flexibility index (Phi) is 5.96. The summed E-state index contributed by atoms with van der Waals surface area (Å²) in [5.41, 5.74) is 0.905. The van der Waals surface area contributed by atoms with Crippen molar-refractivity contribution in [2.75, 3.05) is 5.75 Å². The molecular formula is C12H12Cl2OS. The fourth-order valence-electron chi connectivity index (χ4n) is 1.12. The standard InChI is InChI=1S/C12H12Cl2OS/c1-9(15)16-7-3-2-4-10-8-11(13)5-6-12(10)14/h2,4-6,8H,3,7H2,1H3. The molecule has 0 unspecified atom stereocenters. The number of halogens is 2. The molecule has 16 heavy (non-hydrogen) atoms. The molecule has 1 aromatic carbocycles. The smallest absolute Gasteiger partial charge is 0.185 e. The topological polar surface area (TPSA) is 17.1 Å². The second kappa shape index (κ2) is 7.00. The number of hydrogen-bond donors (Lipinski definition) is 0. The van der Waals surface area contributed by atoms with Gasteiger partial charge in [0.2, 0.25) is 0 Å². The zero-order chi connectivity index (χ0) is 12.0. The lowest BCUT2D eigenvalue weighted by atomic mass is 10.2. The van der Waals surface area contributed by atoms with Crippen LogP contribution in [-0.4, -0.2) is 10.9 Å². The Morgan fingerprint density at radius 1 is 1.44 bits per heavy atom. The van der Waals surface area contributed by atoms with Crippen molar-refractivity contribution in [2.24, 2.45) is 0 Å². The molecule has 0 fully saturated rings. The molecule has 0 bridgehead atoms. The number of allylic oxidation sites excluding steroid dienone is 1. The highest BCUT2D eigenvalue weighted by molar-refractivity contribution is 8.13. The van der Waals surface area contributed by atoms with Crippen molar-refractivity contribution in [1.29, 1.82) is 0 Å². The molecule has 0 aromatic heterocycles. The van der Waals surface area contributed by atoms with Gasteiger partial charge in [-0.05, 0) is 30.2 Å². The van der Waals surface area contributed by atoms with Gasteiger partial charge < -0.3 is 0 Å². The van der Waals surface area contributed by atoms with Crippen molar-refractivity contribution >= 4 is 46.2 Å². The maximum Gasteiger partial charge on any atom is 0.185 e. The Morgan fingerprint density at radius 3 is 2.88 bits per heavy atom. The summed E-state index contributed by atoms with van der Waals surface area (Å²) < 4.78 is 0. The summed E-state index contributed by atoms with van der Waals surface area (Å²) in [6.07, 6.45) is 4.76. The fourth-order valence-corrected chi connectivity index (χ4v) is 2.03. The molecule has 86 valence electrons. The molecule has 0 saturated heterocycles. The van der Waals surface area contributed by atoms with E-state index in [1.54, 1.807) is 19.1 Å². The zero-order valence-corrected chi connectivity index (χ0v) is 11.2. The van der Waals surface area contributed by atoms with Crippen LogP contribution in [0.25, 0.3) is 6.08 Å². The number of hydrogen-bond acceptors (Lipinski definition) is 2. The lowest BCUT2D eigenvalue weighted by Crippen LogP contribution is -1.83. The minimum Gasteiger partial charge on any atom is -0.288 e. The third-order valence-electron chi connectivity index (χ3n) is 1.85. The first-order valence-corrected chi connectivity index (χ1v) is 6.58. The second-order valence-electron chi connectivity index (χ2n) is 3.20. The Labute approximate surface area is 110 Å². The summed E-state index contributed by atoms with van der Waals surface area (Å²) in [6.45, 7) is 1.57. The maximum absolute atomic E-state index is 10.7. The van der Waals surface area contributed by atoms with Crippen LogP contribution >= 0.6 is 35.0 Å². The van der Waals surface area contributed by atoms with Gasteiger partial charge in [0.05, 0.1) is 0 Å². The van der Waals surface area contributed by atoms with Gasteiger partial charge in [0, 0.05) is 22.7 Å². The van der Waals surface area contributed by atoms with Gasteiger partial charge in [0.1, 0.15) is 0 Å². The van der Waals surface area contributed by atoms with Gasteiger partial charge in [-0.3, -0.25) is 4.79 Å². The van der Waals surface area contributed by atoms with E-state index in [0.29, 0.717) is 10.0 Å². The molecule has 0 radical (unpaired) electrons. The minimum atomic E-state index is 0.147. The lowest BCUT2D eigenvalue weighted by molar-refractivity contribution is -0.109. The van der Waals surface area contributed by atoms with Crippen molar-refractivity contribution in [3.8, 4) is 0 Å². The zero-order valence-electron chi connectivity index (χ0n) is 8.87. The van der Waals surface area contributed by atoms with Crippen LogP contribution in [0.2, 0.25) is 10.0 Å². The fraction of sp³-hybridized carbons (Fsp3) is 0.250. The van der Waals surface area contributed by atoms with Gasteiger partial charge in [-0.15, -0.1) is 0 Å². The first-order valence-electron chi connectivity index (χ1n) is 4.84. The van der Waals surface area contributed by atoms with Crippen molar-refractivity contribution in [2.45, 2.75) is 13.3 Å². The molecule has 4 heteroatoms. The quantitative estimate of drug-likeness (QED) is 0.742. The van der Waals surface area contributed by atoms with E-state index in [0.717, 1.165) is 17.7 Å². The summed E-state index contributed by atoms with van der Waals surface area (Å²) in [5.74, 6) is 0.796. The van der Waals surface area contributed by atoms with Gasteiger partial charge in [0.15, 0.2) is 5.12 Å². The third kappa shape index (κ3) is 5.06. The Hall–Kier alpha value is -0.440. The Bertz CT molecular complexity index is 402. The van der Waals surface area contributed by atoms with Crippen LogP contribution < -0.4 is 0 Å². The number of benzene rings is 1. The van der Waals surface area contributed by atoms with Crippen molar-refractivity contribution in [3.05, 3.63) is 39.9 Å². The molecule has 0 heterocycles. The molecule has 0 amide bonds. The average Bonchev–Trinajstić information content (AvgIpc) is 2.22. The molecular weight excluding hydrogens is 263 g/mol. The van der Waals surface area contributed by atoms with E-state index in [-0.39, 0.29) is 5.12 Å². The van der Waals surface area contributed by atoms with Gasteiger partial charge in [-0.1, -0.05) is 47.1 Å². The van der Waals surface area contributed by atoms with E-state index in [9.17, 15) is 4.79 Å². The molecule has 1 aromatic rings. The van der Waals surface area contributed by atoms with E-state index >= 15 is 0 Å². The van der Waals surface area contributed by atoms with E-state index in [2.05, 4.69) is 0 Å². The van der Waals surface area contributed by atoms with Crippen LogP contribution in [0.5, 0.6) is 0 Å². The molecule has 0 atom stereocenters. The molecule has 1 nitrogen and oxygen atoms in total.